The average molecular weight is 605 g/mol. The molecule has 2 fully saturated rings. The van der Waals surface area contributed by atoms with Gasteiger partial charge in [0.15, 0.2) is 34.7 Å². The van der Waals surface area contributed by atoms with Crippen molar-refractivity contribution < 1.29 is 53.6 Å². The van der Waals surface area contributed by atoms with Gasteiger partial charge < -0.3 is 25.8 Å². The summed E-state index contributed by atoms with van der Waals surface area (Å²) in [7, 11) is 2.77. The average Bonchev–Trinajstić information content (AvgIpc) is 2.88. The van der Waals surface area contributed by atoms with Crippen LogP contribution in [0.2, 0.25) is 0 Å². The Morgan fingerprint density at radius 2 is 1.79 bits per heavy atom. The van der Waals surface area contributed by atoms with Crippen molar-refractivity contribution in [3.63, 3.8) is 0 Å². The number of rotatable bonds is 9. The van der Waals surface area contributed by atoms with Gasteiger partial charge in [-0.25, -0.2) is 0 Å². The van der Waals surface area contributed by atoms with Gasteiger partial charge >= 0.3 is 11.9 Å². The highest BCUT2D eigenvalue weighted by Crippen LogP contribution is 2.56. The number of phenolic OH excluding ortho intramolecular Hbond substituents is 1. The molecule has 1 amide bonds. The third-order valence-electron chi connectivity index (χ3n) is 8.33. The van der Waals surface area contributed by atoms with E-state index in [-0.39, 0.29) is 11.3 Å². The lowest BCUT2D eigenvalue weighted by molar-refractivity contribution is -0.206. The van der Waals surface area contributed by atoms with Crippen molar-refractivity contribution in [2.45, 2.75) is 43.4 Å². The Morgan fingerprint density at radius 3 is 2.36 bits per heavy atom. The second kappa shape index (κ2) is 11.6. The van der Waals surface area contributed by atoms with Crippen molar-refractivity contribution in [1.29, 1.82) is 0 Å². The minimum atomic E-state index is -3.18. The number of hydrogen-bond acceptors (Lipinski definition) is 12. The Balaban J connectivity index is 2.03. The zero-order valence-electron chi connectivity index (χ0n) is 23.1. The summed E-state index contributed by atoms with van der Waals surface area (Å²) in [5.74, 6) is -16.5. The molecule has 0 saturated heterocycles. The maximum atomic E-state index is 14.3. The number of fused-ring (bicyclic) bond motifs is 3. The Hall–Kier alpha value is -3.62. The second-order valence-electron chi connectivity index (χ2n) is 11.0. The van der Waals surface area contributed by atoms with Crippen molar-refractivity contribution in [3.8, 4) is 5.75 Å². The van der Waals surface area contributed by atoms with Crippen molar-refractivity contribution in [2.75, 3.05) is 25.6 Å². The highest BCUT2D eigenvalue weighted by molar-refractivity contribution is 7.99. The standard InChI is InChI=1S/C28H32N2O11S/c1-4-8-42-10-12-11-6-5-7-13(31)16(11)22(35)18-17(12)24(41-15(34)9-14(32)33)20-21(30(2)3)23(36)19(27(29)39)26(38)28(20,40)25(18)37/h5-7,12,17-21,24,31,40H,4,8-10H2,1-3H3,(H2,29,39)(H,32,33)/t12-,17+,18?,19?,20+,21-,24-,28-/m1/s1. The zero-order valence-corrected chi connectivity index (χ0v) is 24.0. The summed E-state index contributed by atoms with van der Waals surface area (Å²) in [5, 5.41) is 31.9. The fraction of sp³-hybridized carbons (Fsp3) is 0.536. The van der Waals surface area contributed by atoms with E-state index in [4.69, 9.17) is 10.5 Å². The van der Waals surface area contributed by atoms with Gasteiger partial charge in [-0.15, -0.1) is 0 Å². The quantitative estimate of drug-likeness (QED) is 0.160. The molecule has 0 radical (unpaired) electrons. The van der Waals surface area contributed by atoms with E-state index in [1.807, 2.05) is 6.92 Å². The van der Waals surface area contributed by atoms with Gasteiger partial charge in [-0.1, -0.05) is 19.1 Å². The number of carboxylic acids is 1. The smallest absolute Gasteiger partial charge is 0.317 e. The van der Waals surface area contributed by atoms with Crippen LogP contribution in [0.5, 0.6) is 5.75 Å². The molecular weight excluding hydrogens is 572 g/mol. The number of esters is 1. The number of thioether (sulfide) groups is 1. The van der Waals surface area contributed by atoms with E-state index in [0.717, 1.165) is 6.42 Å². The first kappa shape index (κ1) is 31.3. The van der Waals surface area contributed by atoms with Gasteiger partial charge in [0.2, 0.25) is 5.91 Å². The number of likely N-dealkylation sites (N-methyl/N-ethyl adjacent to an activating group) is 1. The number of primary amides is 1. The lowest BCUT2D eigenvalue weighted by Crippen LogP contribution is -2.78. The van der Waals surface area contributed by atoms with Crippen LogP contribution in [0.4, 0.5) is 0 Å². The molecule has 4 rings (SSSR count). The molecule has 0 bridgehead atoms. The maximum Gasteiger partial charge on any atom is 0.317 e. The topological polar surface area (TPSA) is 219 Å². The number of phenols is 1. The molecule has 13 nitrogen and oxygen atoms in total. The van der Waals surface area contributed by atoms with E-state index in [0.29, 0.717) is 11.3 Å². The highest BCUT2D eigenvalue weighted by atomic mass is 32.2. The molecule has 2 unspecified atom stereocenters. The molecule has 8 atom stereocenters. The van der Waals surface area contributed by atoms with Crippen LogP contribution < -0.4 is 5.73 Å². The van der Waals surface area contributed by atoms with Gasteiger partial charge in [-0.3, -0.25) is 38.5 Å². The summed E-state index contributed by atoms with van der Waals surface area (Å²) in [6, 6.07) is 2.76. The van der Waals surface area contributed by atoms with E-state index in [1.165, 1.54) is 42.9 Å². The molecular formula is C28H32N2O11S. The number of hydrogen-bond donors (Lipinski definition) is 4. The number of nitrogens with two attached hydrogens (primary N) is 1. The SMILES string of the molecule is CCCSC[C@@H]1c2cccc(O)c2C(=O)C2C(=O)[C@@]3(O)C(=O)C(C(N)=O)C(=O)[C@H](N(C)C)[C@H]3[C@H](OC(=O)CC(=O)O)[C@H]21. The molecule has 0 aliphatic heterocycles. The highest BCUT2D eigenvalue weighted by Gasteiger charge is 2.74. The number of carbonyl (C=O) groups is 7. The molecule has 226 valence electrons. The maximum absolute atomic E-state index is 14.3. The third-order valence-corrected chi connectivity index (χ3v) is 9.62. The van der Waals surface area contributed by atoms with E-state index in [9.17, 15) is 48.9 Å². The number of carbonyl (C=O) groups excluding carboxylic acids is 6. The molecule has 0 aromatic heterocycles. The van der Waals surface area contributed by atoms with Crippen LogP contribution in [0.15, 0.2) is 18.2 Å². The van der Waals surface area contributed by atoms with Crippen molar-refractivity contribution in [2.24, 2.45) is 29.4 Å². The van der Waals surface area contributed by atoms with Gasteiger partial charge in [0, 0.05) is 17.6 Å². The summed E-state index contributed by atoms with van der Waals surface area (Å²) in [6.45, 7) is 1.94. The van der Waals surface area contributed by atoms with Gasteiger partial charge in [-0.05, 0) is 37.9 Å². The van der Waals surface area contributed by atoms with E-state index >= 15 is 0 Å². The molecule has 0 spiro atoms. The summed E-state index contributed by atoms with van der Waals surface area (Å²) in [6.07, 6.45) is -2.05. The molecule has 14 heteroatoms. The number of amides is 1. The lowest BCUT2D eigenvalue weighted by atomic mass is 9.49. The third kappa shape index (κ3) is 4.80. The number of Topliss-reactive ketones (excluding diaryl/α,β-unsaturated/α-hetero) is 4. The van der Waals surface area contributed by atoms with Crippen LogP contribution in [-0.4, -0.2) is 105 Å². The first-order chi connectivity index (χ1) is 19.7. The molecule has 3 aliphatic carbocycles. The number of ether oxygens (including phenoxy) is 1. The predicted molar refractivity (Wildman–Crippen MR) is 146 cm³/mol. The van der Waals surface area contributed by atoms with Gasteiger partial charge in [0.05, 0.1) is 23.4 Å². The minimum Gasteiger partial charge on any atom is -0.507 e. The van der Waals surface area contributed by atoms with Gasteiger partial charge in [0.1, 0.15) is 18.3 Å². The summed E-state index contributed by atoms with van der Waals surface area (Å²) in [5.41, 5.74) is 2.33. The van der Waals surface area contributed by atoms with Crippen molar-refractivity contribution in [1.82, 2.24) is 4.90 Å². The van der Waals surface area contributed by atoms with Crippen LogP contribution in [0.1, 0.15) is 41.6 Å². The van der Waals surface area contributed by atoms with Crippen LogP contribution in [0, 0.1) is 23.7 Å². The number of aliphatic carboxylic acids is 1. The van der Waals surface area contributed by atoms with Crippen LogP contribution >= 0.6 is 11.8 Å². The molecule has 1 aromatic rings. The molecule has 5 N–H and O–H groups in total. The van der Waals surface area contributed by atoms with Crippen LogP contribution in [-0.2, 0) is 33.5 Å². The molecule has 0 heterocycles. The monoisotopic (exact) mass is 604 g/mol. The number of ketones is 4. The van der Waals surface area contributed by atoms with E-state index < -0.39 is 100 Å². The number of aromatic hydroxyl groups is 1. The Bertz CT molecular complexity index is 1380. The summed E-state index contributed by atoms with van der Waals surface area (Å²) < 4.78 is 5.65. The fourth-order valence-electron chi connectivity index (χ4n) is 6.76. The Morgan fingerprint density at radius 1 is 1.12 bits per heavy atom. The zero-order chi connectivity index (χ0) is 31.3. The lowest BCUT2D eigenvalue weighted by Gasteiger charge is -2.57. The first-order valence-corrected chi connectivity index (χ1v) is 14.5. The van der Waals surface area contributed by atoms with E-state index in [1.54, 1.807) is 6.07 Å². The van der Waals surface area contributed by atoms with Gasteiger partial charge in [-0.2, -0.15) is 11.8 Å². The summed E-state index contributed by atoms with van der Waals surface area (Å²) in [4.78, 5) is 93.3. The second-order valence-corrected chi connectivity index (χ2v) is 12.2. The molecule has 3 aliphatic rings. The molecule has 2 saturated carbocycles. The Kier molecular flexibility index (Phi) is 8.63. The van der Waals surface area contributed by atoms with Crippen molar-refractivity contribution in [3.05, 3.63) is 29.3 Å². The predicted octanol–water partition coefficient (Wildman–Crippen LogP) is -0.452. The Labute approximate surface area is 244 Å². The summed E-state index contributed by atoms with van der Waals surface area (Å²) >= 11 is 1.45. The normalized spacial score (nSPS) is 32.2. The molecule has 1 aromatic carbocycles. The van der Waals surface area contributed by atoms with E-state index in [2.05, 4.69) is 0 Å². The van der Waals surface area contributed by atoms with Gasteiger partial charge in [0.25, 0.3) is 0 Å². The van der Waals surface area contributed by atoms with Crippen LogP contribution in [0.25, 0.3) is 0 Å². The molecule has 42 heavy (non-hydrogen) atoms. The minimum absolute atomic E-state index is 0.193. The first-order valence-electron chi connectivity index (χ1n) is 13.4. The largest absolute Gasteiger partial charge is 0.507 e. The number of carboxylic acid groups (broad SMARTS) is 1. The number of benzene rings is 1. The number of aliphatic hydroxyl groups is 1. The van der Waals surface area contributed by atoms with Crippen LogP contribution in [0.3, 0.4) is 0 Å². The number of nitrogens with zero attached hydrogens (tertiary/aromatic N) is 1. The van der Waals surface area contributed by atoms with Crippen molar-refractivity contribution >= 4 is 52.7 Å². The fourth-order valence-corrected chi connectivity index (χ4v) is 7.87.